The van der Waals surface area contributed by atoms with E-state index in [0.717, 1.165) is 10.8 Å². The molecule has 0 unspecified atom stereocenters. The van der Waals surface area contributed by atoms with Gasteiger partial charge in [-0.15, -0.1) is 11.3 Å². The zero-order valence-corrected chi connectivity index (χ0v) is 21.0. The number of benzene rings is 1. The predicted molar refractivity (Wildman–Crippen MR) is 134 cm³/mol. The Morgan fingerprint density at radius 3 is 2.60 bits per heavy atom. The fourth-order valence-electron chi connectivity index (χ4n) is 3.82. The number of carbonyl (C=O) groups is 1. The molecule has 1 aliphatic rings. The number of aromatic nitrogens is 3. The van der Waals surface area contributed by atoms with Gasteiger partial charge in [0.15, 0.2) is 10.9 Å². The summed E-state index contributed by atoms with van der Waals surface area (Å²) in [6.07, 6.45) is 5.68. The number of rotatable bonds is 8. The van der Waals surface area contributed by atoms with Gasteiger partial charge in [0.05, 0.1) is 19.0 Å². The molecule has 2 aromatic heterocycles. The lowest BCUT2D eigenvalue weighted by atomic mass is 9.94. The second-order valence-electron chi connectivity index (χ2n) is 9.44. The molecule has 0 spiro atoms. The average Bonchev–Trinajstić information content (AvgIpc) is 3.34. The van der Waals surface area contributed by atoms with Crippen LogP contribution in [0, 0.1) is 0 Å². The topological polar surface area (TPSA) is 80.7 Å². The molecule has 0 amide bonds. The summed E-state index contributed by atoms with van der Waals surface area (Å²) in [7, 11) is 0. The molecule has 1 saturated heterocycles. The number of ether oxygens (including phenoxy) is 2. The minimum absolute atomic E-state index is 0.141. The van der Waals surface area contributed by atoms with Gasteiger partial charge in [-0.3, -0.25) is 9.88 Å². The van der Waals surface area contributed by atoms with Crippen LogP contribution in [0.3, 0.4) is 0 Å². The SMILES string of the molecule is CC(C)(C)OC(=O)COCC1(F)CCN(c2cncc(N(c3ccccc3)c3nccs3)n2)CC1. The Labute approximate surface area is 208 Å². The van der Waals surface area contributed by atoms with Crippen molar-refractivity contribution in [3.63, 3.8) is 0 Å². The number of esters is 1. The van der Waals surface area contributed by atoms with Gasteiger partial charge in [0.2, 0.25) is 0 Å². The van der Waals surface area contributed by atoms with E-state index in [-0.39, 0.29) is 26.1 Å². The first-order valence-electron chi connectivity index (χ1n) is 11.5. The Hall–Kier alpha value is -3.11. The van der Waals surface area contributed by atoms with Crippen LogP contribution >= 0.6 is 11.3 Å². The largest absolute Gasteiger partial charge is 0.458 e. The molecule has 0 bridgehead atoms. The molecule has 1 aromatic carbocycles. The molecule has 0 N–H and O–H groups in total. The normalized spacial score (nSPS) is 15.6. The van der Waals surface area contributed by atoms with Gasteiger partial charge in [0, 0.05) is 43.2 Å². The molecule has 8 nitrogen and oxygen atoms in total. The second kappa shape index (κ2) is 10.7. The molecule has 0 atom stereocenters. The number of nitrogens with zero attached hydrogens (tertiary/aromatic N) is 5. The number of carbonyl (C=O) groups excluding carboxylic acids is 1. The van der Waals surface area contributed by atoms with Crippen LogP contribution < -0.4 is 9.80 Å². The van der Waals surface area contributed by atoms with Crippen molar-refractivity contribution in [2.75, 3.05) is 36.1 Å². The Balaban J connectivity index is 1.39. The fourth-order valence-corrected chi connectivity index (χ4v) is 4.49. The number of hydrogen-bond acceptors (Lipinski definition) is 9. The van der Waals surface area contributed by atoms with Gasteiger partial charge >= 0.3 is 5.97 Å². The second-order valence-corrected chi connectivity index (χ2v) is 10.3. The predicted octanol–water partition coefficient (Wildman–Crippen LogP) is 5.07. The van der Waals surface area contributed by atoms with E-state index in [9.17, 15) is 4.79 Å². The number of piperidine rings is 1. The molecule has 1 aliphatic heterocycles. The van der Waals surface area contributed by atoms with Crippen molar-refractivity contribution in [3.8, 4) is 0 Å². The maximum Gasteiger partial charge on any atom is 0.332 e. The van der Waals surface area contributed by atoms with E-state index >= 15 is 4.39 Å². The van der Waals surface area contributed by atoms with Crippen LogP contribution in [-0.2, 0) is 14.3 Å². The van der Waals surface area contributed by atoms with Gasteiger partial charge in [-0.05, 0) is 32.9 Å². The highest BCUT2D eigenvalue weighted by Crippen LogP contribution is 2.35. The monoisotopic (exact) mass is 499 g/mol. The summed E-state index contributed by atoms with van der Waals surface area (Å²) in [6.45, 7) is 5.88. The lowest BCUT2D eigenvalue weighted by molar-refractivity contribution is -0.161. The van der Waals surface area contributed by atoms with E-state index in [4.69, 9.17) is 14.5 Å². The molecule has 0 saturated carbocycles. The molecule has 0 radical (unpaired) electrons. The smallest absolute Gasteiger partial charge is 0.332 e. The number of alkyl halides is 1. The molecule has 186 valence electrons. The Bertz CT molecular complexity index is 1100. The standard InChI is InChI=1S/C25H30FN5O3S/c1-24(2,3)34-22(32)17-33-18-25(26)9-12-30(13-10-25)20-15-27-16-21(29-20)31(23-28-11-14-35-23)19-7-5-4-6-8-19/h4-8,11,14-16H,9-10,12-13,17-18H2,1-3H3. The third kappa shape index (κ3) is 6.73. The molecule has 4 rings (SSSR count). The van der Waals surface area contributed by atoms with Crippen LogP contribution in [0.5, 0.6) is 0 Å². The first-order valence-corrected chi connectivity index (χ1v) is 12.4. The summed E-state index contributed by atoms with van der Waals surface area (Å²) in [6, 6.07) is 9.86. The molecular formula is C25H30FN5O3S. The molecule has 0 aliphatic carbocycles. The summed E-state index contributed by atoms with van der Waals surface area (Å²) in [5.41, 5.74) is -1.16. The summed E-state index contributed by atoms with van der Waals surface area (Å²) in [4.78, 5) is 29.5. The number of halogens is 1. The van der Waals surface area contributed by atoms with E-state index in [2.05, 4.69) is 9.97 Å². The van der Waals surface area contributed by atoms with Crippen LogP contribution in [0.4, 0.5) is 26.8 Å². The van der Waals surface area contributed by atoms with Gasteiger partial charge < -0.3 is 14.4 Å². The lowest BCUT2D eigenvalue weighted by Gasteiger charge is -2.36. The highest BCUT2D eigenvalue weighted by atomic mass is 32.1. The van der Waals surface area contributed by atoms with E-state index in [1.165, 1.54) is 11.3 Å². The van der Waals surface area contributed by atoms with Gasteiger partial charge in [-0.2, -0.15) is 0 Å². The maximum atomic E-state index is 15.3. The first-order chi connectivity index (χ1) is 16.7. The number of para-hydroxylation sites is 1. The highest BCUT2D eigenvalue weighted by Gasteiger charge is 2.36. The van der Waals surface area contributed by atoms with Gasteiger partial charge in [-0.1, -0.05) is 18.2 Å². The Morgan fingerprint density at radius 2 is 1.94 bits per heavy atom. The van der Waals surface area contributed by atoms with Gasteiger partial charge in [0.1, 0.15) is 23.7 Å². The van der Waals surface area contributed by atoms with Crippen LogP contribution in [-0.4, -0.2) is 58.5 Å². The molecule has 3 heterocycles. The minimum Gasteiger partial charge on any atom is -0.458 e. The van der Waals surface area contributed by atoms with E-state index in [1.807, 2.05) is 45.5 Å². The first kappa shape index (κ1) is 25.0. The third-order valence-corrected chi connectivity index (χ3v) is 6.20. The van der Waals surface area contributed by atoms with E-state index in [1.54, 1.807) is 39.4 Å². The molecule has 10 heteroatoms. The summed E-state index contributed by atoms with van der Waals surface area (Å²) in [5, 5.41) is 2.70. The molecule has 3 aromatic rings. The van der Waals surface area contributed by atoms with E-state index in [0.29, 0.717) is 24.7 Å². The maximum absolute atomic E-state index is 15.3. The van der Waals surface area contributed by atoms with Crippen molar-refractivity contribution in [2.24, 2.45) is 0 Å². The zero-order valence-electron chi connectivity index (χ0n) is 20.2. The molecule has 35 heavy (non-hydrogen) atoms. The van der Waals surface area contributed by atoms with Crippen molar-refractivity contribution in [1.82, 2.24) is 15.0 Å². The van der Waals surface area contributed by atoms with Gasteiger partial charge in [0.25, 0.3) is 0 Å². The Kier molecular flexibility index (Phi) is 7.61. The minimum atomic E-state index is -1.50. The quantitative estimate of drug-likeness (QED) is 0.398. The van der Waals surface area contributed by atoms with Crippen molar-refractivity contribution in [1.29, 1.82) is 0 Å². The van der Waals surface area contributed by atoms with Crippen molar-refractivity contribution >= 4 is 39.8 Å². The summed E-state index contributed by atoms with van der Waals surface area (Å²) < 4.78 is 25.9. The average molecular weight is 500 g/mol. The van der Waals surface area contributed by atoms with Crippen molar-refractivity contribution in [3.05, 3.63) is 54.3 Å². The zero-order chi connectivity index (χ0) is 24.9. The summed E-state index contributed by atoms with van der Waals surface area (Å²) in [5.74, 6) is 0.826. The highest BCUT2D eigenvalue weighted by molar-refractivity contribution is 7.13. The lowest BCUT2D eigenvalue weighted by Crippen LogP contribution is -2.45. The van der Waals surface area contributed by atoms with Crippen molar-refractivity contribution < 1.29 is 18.7 Å². The number of anilines is 4. The Morgan fingerprint density at radius 1 is 1.20 bits per heavy atom. The van der Waals surface area contributed by atoms with Crippen LogP contribution in [0.2, 0.25) is 0 Å². The molecule has 1 fully saturated rings. The molecular weight excluding hydrogens is 469 g/mol. The van der Waals surface area contributed by atoms with Gasteiger partial charge in [-0.25, -0.2) is 19.2 Å². The van der Waals surface area contributed by atoms with Crippen molar-refractivity contribution in [2.45, 2.75) is 44.9 Å². The number of hydrogen-bond donors (Lipinski definition) is 0. The van der Waals surface area contributed by atoms with Crippen LogP contribution in [0.15, 0.2) is 54.3 Å². The fraction of sp³-hybridized carbons (Fsp3) is 0.440. The third-order valence-electron chi connectivity index (χ3n) is 5.45. The summed E-state index contributed by atoms with van der Waals surface area (Å²) >= 11 is 1.51. The number of thiazole rings is 1. The van der Waals surface area contributed by atoms with E-state index < -0.39 is 17.2 Å². The van der Waals surface area contributed by atoms with Crippen LogP contribution in [0.25, 0.3) is 0 Å². The van der Waals surface area contributed by atoms with Crippen LogP contribution in [0.1, 0.15) is 33.6 Å².